The SMILES string of the molecule is COCCCNc1nccc(C(=O)N2CCN(C/C=C/c3ccccc3)CC2)n1. The number of aromatic nitrogens is 2. The zero-order chi connectivity index (χ0) is 20.3. The second-order valence-corrected chi connectivity index (χ2v) is 6.94. The standard InChI is InChI=1S/C22H29N5O2/c1-29-18-6-11-23-22-24-12-10-20(25-22)21(28)27-16-14-26(15-17-27)13-5-9-19-7-3-2-4-8-19/h2-5,7-10,12H,6,11,13-18H2,1H3,(H,23,24,25)/b9-5+. The van der Waals surface area contributed by atoms with Crippen molar-refractivity contribution in [3.63, 3.8) is 0 Å². The van der Waals surface area contributed by atoms with Crippen LogP contribution in [0.1, 0.15) is 22.5 Å². The van der Waals surface area contributed by atoms with Crippen molar-refractivity contribution in [2.45, 2.75) is 6.42 Å². The van der Waals surface area contributed by atoms with Crippen LogP contribution in [0.5, 0.6) is 0 Å². The Morgan fingerprint density at radius 2 is 1.97 bits per heavy atom. The first-order valence-electron chi connectivity index (χ1n) is 10.1. The third kappa shape index (κ3) is 6.66. The minimum absolute atomic E-state index is 0.0354. The van der Waals surface area contributed by atoms with E-state index in [1.54, 1.807) is 19.4 Å². The summed E-state index contributed by atoms with van der Waals surface area (Å²) in [4.78, 5) is 25.6. The largest absolute Gasteiger partial charge is 0.385 e. The van der Waals surface area contributed by atoms with Crippen LogP contribution in [-0.4, -0.2) is 78.7 Å². The van der Waals surface area contributed by atoms with Crippen LogP contribution in [0.3, 0.4) is 0 Å². The maximum atomic E-state index is 12.8. The van der Waals surface area contributed by atoms with E-state index in [9.17, 15) is 4.79 Å². The molecular formula is C22H29N5O2. The summed E-state index contributed by atoms with van der Waals surface area (Å²) in [6, 6.07) is 12.0. The summed E-state index contributed by atoms with van der Waals surface area (Å²) in [5.74, 6) is 0.448. The Labute approximate surface area is 172 Å². The predicted molar refractivity (Wildman–Crippen MR) is 115 cm³/mol. The zero-order valence-corrected chi connectivity index (χ0v) is 17.0. The molecule has 0 atom stereocenters. The third-order valence-electron chi connectivity index (χ3n) is 4.82. The molecule has 0 radical (unpaired) electrons. The van der Waals surface area contributed by atoms with Gasteiger partial charge in [-0.05, 0) is 18.1 Å². The molecule has 1 fully saturated rings. The van der Waals surface area contributed by atoms with Crippen molar-refractivity contribution in [1.82, 2.24) is 19.8 Å². The molecule has 0 unspecified atom stereocenters. The minimum atomic E-state index is -0.0354. The van der Waals surface area contributed by atoms with Crippen molar-refractivity contribution in [2.24, 2.45) is 0 Å². The van der Waals surface area contributed by atoms with Crippen molar-refractivity contribution in [2.75, 3.05) is 58.3 Å². The molecule has 0 bridgehead atoms. The second kappa shape index (κ2) is 11.3. The molecule has 29 heavy (non-hydrogen) atoms. The van der Waals surface area contributed by atoms with Gasteiger partial charge in [0.05, 0.1) is 0 Å². The lowest BCUT2D eigenvalue weighted by molar-refractivity contribution is 0.0644. The smallest absolute Gasteiger partial charge is 0.272 e. The molecule has 2 heterocycles. The molecule has 1 aliphatic heterocycles. The average Bonchev–Trinajstić information content (AvgIpc) is 2.78. The van der Waals surface area contributed by atoms with E-state index < -0.39 is 0 Å². The number of piperazine rings is 1. The van der Waals surface area contributed by atoms with Crippen LogP contribution in [-0.2, 0) is 4.74 Å². The van der Waals surface area contributed by atoms with Crippen LogP contribution >= 0.6 is 0 Å². The van der Waals surface area contributed by atoms with Gasteiger partial charge in [-0.2, -0.15) is 0 Å². The van der Waals surface area contributed by atoms with E-state index in [4.69, 9.17) is 4.74 Å². The van der Waals surface area contributed by atoms with Crippen molar-refractivity contribution in [1.29, 1.82) is 0 Å². The number of carbonyl (C=O) groups is 1. The number of anilines is 1. The molecule has 0 spiro atoms. The van der Waals surface area contributed by atoms with Gasteiger partial charge in [-0.3, -0.25) is 9.69 Å². The lowest BCUT2D eigenvalue weighted by atomic mass is 10.2. The van der Waals surface area contributed by atoms with Gasteiger partial charge in [-0.25, -0.2) is 9.97 Å². The molecule has 1 amide bonds. The highest BCUT2D eigenvalue weighted by molar-refractivity contribution is 5.92. The number of amides is 1. The first-order valence-corrected chi connectivity index (χ1v) is 10.1. The van der Waals surface area contributed by atoms with E-state index in [0.29, 0.717) is 37.9 Å². The van der Waals surface area contributed by atoms with Crippen molar-refractivity contribution >= 4 is 17.9 Å². The van der Waals surface area contributed by atoms with Gasteiger partial charge in [-0.15, -0.1) is 0 Å². The molecule has 1 aromatic carbocycles. The summed E-state index contributed by atoms with van der Waals surface area (Å²) < 4.78 is 5.03. The Hall–Kier alpha value is -2.77. The number of hydrogen-bond donors (Lipinski definition) is 1. The third-order valence-corrected chi connectivity index (χ3v) is 4.82. The molecule has 7 nitrogen and oxygen atoms in total. The molecule has 1 saturated heterocycles. The van der Waals surface area contributed by atoms with Crippen LogP contribution < -0.4 is 5.32 Å². The highest BCUT2D eigenvalue weighted by Gasteiger charge is 2.22. The van der Waals surface area contributed by atoms with Gasteiger partial charge in [0.25, 0.3) is 5.91 Å². The van der Waals surface area contributed by atoms with E-state index in [1.807, 2.05) is 23.1 Å². The lowest BCUT2D eigenvalue weighted by Crippen LogP contribution is -2.48. The number of methoxy groups -OCH3 is 1. The van der Waals surface area contributed by atoms with Crippen LogP contribution in [0, 0.1) is 0 Å². The van der Waals surface area contributed by atoms with Crippen LogP contribution in [0.15, 0.2) is 48.7 Å². The van der Waals surface area contributed by atoms with Crippen LogP contribution in [0.25, 0.3) is 6.08 Å². The van der Waals surface area contributed by atoms with Crippen molar-refractivity contribution in [3.8, 4) is 0 Å². The first kappa shape index (κ1) is 21.0. The fourth-order valence-corrected chi connectivity index (χ4v) is 3.18. The van der Waals surface area contributed by atoms with Gasteiger partial charge >= 0.3 is 0 Å². The normalized spacial score (nSPS) is 15.0. The Morgan fingerprint density at radius 3 is 2.72 bits per heavy atom. The molecule has 0 aliphatic carbocycles. The van der Waals surface area contributed by atoms with Crippen LogP contribution in [0.4, 0.5) is 5.95 Å². The zero-order valence-electron chi connectivity index (χ0n) is 17.0. The van der Waals surface area contributed by atoms with E-state index in [1.165, 1.54) is 5.56 Å². The average molecular weight is 396 g/mol. The molecule has 3 rings (SSSR count). The van der Waals surface area contributed by atoms with E-state index in [2.05, 4.69) is 44.5 Å². The summed E-state index contributed by atoms with van der Waals surface area (Å²) >= 11 is 0. The van der Waals surface area contributed by atoms with E-state index in [0.717, 1.165) is 26.1 Å². The quantitative estimate of drug-likeness (QED) is 0.658. The van der Waals surface area contributed by atoms with Crippen molar-refractivity contribution < 1.29 is 9.53 Å². The topological polar surface area (TPSA) is 70.6 Å². The maximum absolute atomic E-state index is 12.8. The Morgan fingerprint density at radius 1 is 1.17 bits per heavy atom. The van der Waals surface area contributed by atoms with E-state index in [-0.39, 0.29) is 5.91 Å². The van der Waals surface area contributed by atoms with Gasteiger partial charge in [0, 0.05) is 59.2 Å². The number of nitrogens with zero attached hydrogens (tertiary/aromatic N) is 4. The molecular weight excluding hydrogens is 366 g/mol. The van der Waals surface area contributed by atoms with Gasteiger partial charge in [0.15, 0.2) is 0 Å². The summed E-state index contributed by atoms with van der Waals surface area (Å²) in [6.07, 6.45) is 6.81. The fraction of sp³-hybridized carbons (Fsp3) is 0.409. The highest BCUT2D eigenvalue weighted by Crippen LogP contribution is 2.09. The highest BCUT2D eigenvalue weighted by atomic mass is 16.5. The summed E-state index contributed by atoms with van der Waals surface area (Å²) in [5, 5.41) is 3.13. The number of carbonyl (C=O) groups excluding carboxylic acids is 1. The van der Waals surface area contributed by atoms with Gasteiger partial charge in [0.1, 0.15) is 5.69 Å². The van der Waals surface area contributed by atoms with Gasteiger partial charge in [-0.1, -0.05) is 42.5 Å². The molecule has 154 valence electrons. The van der Waals surface area contributed by atoms with Crippen molar-refractivity contribution in [3.05, 3.63) is 59.9 Å². The van der Waals surface area contributed by atoms with E-state index >= 15 is 0 Å². The summed E-state index contributed by atoms with van der Waals surface area (Å²) in [6.45, 7) is 5.41. The molecule has 2 aromatic rings. The molecule has 1 aromatic heterocycles. The first-order chi connectivity index (χ1) is 14.3. The summed E-state index contributed by atoms with van der Waals surface area (Å²) in [5.41, 5.74) is 1.64. The maximum Gasteiger partial charge on any atom is 0.272 e. The van der Waals surface area contributed by atoms with Gasteiger partial charge in [0.2, 0.25) is 5.95 Å². The number of benzene rings is 1. The second-order valence-electron chi connectivity index (χ2n) is 6.94. The van der Waals surface area contributed by atoms with Gasteiger partial charge < -0.3 is 15.0 Å². The molecule has 7 heteroatoms. The monoisotopic (exact) mass is 395 g/mol. The Bertz CT molecular complexity index is 789. The lowest BCUT2D eigenvalue weighted by Gasteiger charge is -2.34. The molecule has 0 saturated carbocycles. The number of ether oxygens (including phenoxy) is 1. The predicted octanol–water partition coefficient (Wildman–Crippen LogP) is 2.40. The molecule has 1 N–H and O–H groups in total. The minimum Gasteiger partial charge on any atom is -0.385 e. The summed E-state index contributed by atoms with van der Waals surface area (Å²) in [7, 11) is 1.68. The number of hydrogen-bond acceptors (Lipinski definition) is 6. The molecule has 1 aliphatic rings. The number of nitrogens with one attached hydrogen (secondary N) is 1. The number of rotatable bonds is 9. The Kier molecular flexibility index (Phi) is 8.15. The fourth-order valence-electron chi connectivity index (χ4n) is 3.18. The Balaban J connectivity index is 1.45. The van der Waals surface area contributed by atoms with Crippen LogP contribution in [0.2, 0.25) is 0 Å².